The highest BCUT2D eigenvalue weighted by molar-refractivity contribution is 5.88. The lowest BCUT2D eigenvalue weighted by atomic mass is 9.80. The van der Waals surface area contributed by atoms with Gasteiger partial charge < -0.3 is 9.67 Å². The van der Waals surface area contributed by atoms with E-state index in [2.05, 4.69) is 23.7 Å². The molecule has 1 aromatic carbocycles. The number of carboxylic acid groups (broad SMARTS) is 1. The maximum atomic E-state index is 13.1. The summed E-state index contributed by atoms with van der Waals surface area (Å²) in [6.07, 6.45) is 10.4. The number of benzene rings is 1. The van der Waals surface area contributed by atoms with Crippen LogP contribution in [0.15, 0.2) is 29.1 Å². The van der Waals surface area contributed by atoms with Gasteiger partial charge in [-0.05, 0) is 51.2 Å². The summed E-state index contributed by atoms with van der Waals surface area (Å²) < 4.78 is 1.75. The lowest BCUT2D eigenvalue weighted by Crippen LogP contribution is -2.56. The number of fused-ring (bicyclic) bond motifs is 3. The van der Waals surface area contributed by atoms with Crippen LogP contribution in [0.3, 0.4) is 0 Å². The van der Waals surface area contributed by atoms with Gasteiger partial charge in [0.2, 0.25) is 5.69 Å². The number of carbonyl (C=O) groups is 1. The fourth-order valence-electron chi connectivity index (χ4n) is 5.81. The Hall–Kier alpha value is -2.21. The molecule has 0 aliphatic carbocycles. The molecule has 0 radical (unpaired) electrons. The van der Waals surface area contributed by atoms with Gasteiger partial charge in [-0.1, -0.05) is 44.7 Å². The Morgan fingerprint density at radius 3 is 2.53 bits per heavy atom. The molecule has 0 spiro atoms. The number of aromatic nitrogens is 2. The number of nitrogens with zero attached hydrogens (tertiary/aromatic N) is 3. The summed E-state index contributed by atoms with van der Waals surface area (Å²) in [4.78, 5) is 31.7. The number of piperidine rings is 2. The molecule has 2 aliphatic heterocycles. The highest BCUT2D eigenvalue weighted by Crippen LogP contribution is 2.41. The van der Waals surface area contributed by atoms with E-state index in [-0.39, 0.29) is 11.7 Å². The van der Waals surface area contributed by atoms with Gasteiger partial charge in [0.1, 0.15) is 0 Å². The summed E-state index contributed by atoms with van der Waals surface area (Å²) in [7, 11) is 0. The number of carboxylic acids is 1. The first-order chi connectivity index (χ1) is 14.5. The van der Waals surface area contributed by atoms with Crippen LogP contribution in [0.25, 0.3) is 11.0 Å². The highest BCUT2D eigenvalue weighted by atomic mass is 16.4. The van der Waals surface area contributed by atoms with Gasteiger partial charge in [0.05, 0.1) is 11.0 Å². The van der Waals surface area contributed by atoms with Crippen molar-refractivity contribution in [1.29, 1.82) is 0 Å². The maximum Gasteiger partial charge on any atom is 0.360 e. The molecule has 6 heteroatoms. The van der Waals surface area contributed by atoms with E-state index >= 15 is 0 Å². The van der Waals surface area contributed by atoms with Crippen LogP contribution in [0.2, 0.25) is 0 Å². The van der Waals surface area contributed by atoms with Crippen LogP contribution in [0.4, 0.5) is 0 Å². The molecule has 2 saturated heterocycles. The first-order valence-electron chi connectivity index (χ1n) is 11.5. The molecule has 2 bridgehead atoms. The van der Waals surface area contributed by atoms with Crippen molar-refractivity contribution in [3.8, 4) is 0 Å². The third kappa shape index (κ3) is 3.89. The quantitative estimate of drug-likeness (QED) is 0.673. The van der Waals surface area contributed by atoms with Gasteiger partial charge in [-0.15, -0.1) is 0 Å². The zero-order valence-electron chi connectivity index (χ0n) is 18.1. The van der Waals surface area contributed by atoms with Crippen LogP contribution in [0.1, 0.15) is 88.2 Å². The molecule has 3 heterocycles. The minimum Gasteiger partial charge on any atom is -0.476 e. The number of para-hydroxylation sites is 2. The number of rotatable bonds is 7. The third-order valence-corrected chi connectivity index (χ3v) is 7.10. The second-order valence-corrected chi connectivity index (χ2v) is 9.09. The van der Waals surface area contributed by atoms with E-state index in [0.717, 1.165) is 31.2 Å². The third-order valence-electron chi connectivity index (χ3n) is 7.10. The molecule has 162 valence electrons. The fourth-order valence-corrected chi connectivity index (χ4v) is 5.81. The summed E-state index contributed by atoms with van der Waals surface area (Å²) >= 11 is 0. The second-order valence-electron chi connectivity index (χ2n) is 9.09. The van der Waals surface area contributed by atoms with E-state index in [9.17, 15) is 14.7 Å². The van der Waals surface area contributed by atoms with E-state index in [0.29, 0.717) is 23.6 Å². The minimum absolute atomic E-state index is 0.0258. The fraction of sp³-hybridized carbons (Fsp3) is 0.625. The Balaban J connectivity index is 1.67. The van der Waals surface area contributed by atoms with Crippen LogP contribution in [-0.4, -0.2) is 43.7 Å². The molecule has 6 nitrogen and oxygen atoms in total. The molecule has 1 N–H and O–H groups in total. The Kier molecular flexibility index (Phi) is 6.23. The Bertz CT molecular complexity index is 956. The molecule has 4 rings (SSSR count). The highest BCUT2D eigenvalue weighted by Gasteiger charge is 2.41. The van der Waals surface area contributed by atoms with Crippen molar-refractivity contribution in [3.63, 3.8) is 0 Å². The molecule has 1 aromatic heterocycles. The smallest absolute Gasteiger partial charge is 0.360 e. The Morgan fingerprint density at radius 2 is 1.87 bits per heavy atom. The average molecular weight is 412 g/mol. The zero-order valence-corrected chi connectivity index (χ0v) is 18.1. The maximum absolute atomic E-state index is 13.1. The topological polar surface area (TPSA) is 75.4 Å². The van der Waals surface area contributed by atoms with E-state index in [1.54, 1.807) is 10.6 Å². The van der Waals surface area contributed by atoms with Crippen LogP contribution >= 0.6 is 0 Å². The van der Waals surface area contributed by atoms with Gasteiger partial charge in [0.25, 0.3) is 5.56 Å². The Labute approximate surface area is 177 Å². The van der Waals surface area contributed by atoms with E-state index in [1.807, 2.05) is 18.2 Å². The van der Waals surface area contributed by atoms with Crippen LogP contribution in [0.5, 0.6) is 0 Å². The summed E-state index contributed by atoms with van der Waals surface area (Å²) in [6.45, 7) is 4.60. The van der Waals surface area contributed by atoms with Crippen molar-refractivity contribution in [2.24, 2.45) is 0 Å². The number of hydrogen-bond acceptors (Lipinski definition) is 4. The van der Waals surface area contributed by atoms with Crippen molar-refractivity contribution in [3.05, 3.63) is 40.3 Å². The molecular weight excluding hydrogens is 378 g/mol. The standard InChI is InChI=1S/C24H33N3O3/c1-3-4-5-9-16(2)26-17-10-8-11-18(26)15-19(14-17)27-21-13-7-6-12-20(21)25-22(23(27)28)24(29)30/h6-7,12-13,16-19H,3-5,8-11,14-15H2,1-2H3,(H,29,30)/t16-,17-,18+,19+/m0/s1. The second kappa shape index (κ2) is 8.88. The molecule has 0 saturated carbocycles. The normalized spacial score (nSPS) is 25.3. The van der Waals surface area contributed by atoms with Crippen molar-refractivity contribution >= 4 is 17.0 Å². The number of unbranched alkanes of at least 4 members (excludes halogenated alkanes) is 2. The SMILES string of the molecule is CCCCC[C@H](C)N1[C@@H]2CCC[C@H]1C[C@@H](n1c(=O)c(C(=O)O)nc3ccccc31)C2. The predicted octanol–water partition coefficient (Wildman–Crippen LogP) is 4.62. The summed E-state index contributed by atoms with van der Waals surface area (Å²) in [5.74, 6) is -1.25. The number of hydrogen-bond donors (Lipinski definition) is 1. The van der Waals surface area contributed by atoms with Crippen LogP contribution in [0, 0.1) is 0 Å². The van der Waals surface area contributed by atoms with E-state index in [1.165, 1.54) is 32.1 Å². The largest absolute Gasteiger partial charge is 0.476 e. The van der Waals surface area contributed by atoms with Gasteiger partial charge in [-0.3, -0.25) is 9.69 Å². The van der Waals surface area contributed by atoms with Crippen molar-refractivity contribution in [1.82, 2.24) is 14.5 Å². The first kappa shape index (κ1) is 21.0. The minimum atomic E-state index is -1.25. The predicted molar refractivity (Wildman–Crippen MR) is 118 cm³/mol. The lowest BCUT2D eigenvalue weighted by molar-refractivity contribution is -0.0148. The average Bonchev–Trinajstić information content (AvgIpc) is 2.72. The zero-order chi connectivity index (χ0) is 21.3. The van der Waals surface area contributed by atoms with Gasteiger partial charge in [-0.2, -0.15) is 0 Å². The lowest BCUT2D eigenvalue weighted by Gasteiger charge is -2.52. The van der Waals surface area contributed by atoms with Gasteiger partial charge in [0.15, 0.2) is 0 Å². The summed E-state index contributed by atoms with van der Waals surface area (Å²) in [5, 5.41) is 9.54. The van der Waals surface area contributed by atoms with E-state index < -0.39 is 11.5 Å². The molecule has 30 heavy (non-hydrogen) atoms. The van der Waals surface area contributed by atoms with Crippen LogP contribution < -0.4 is 5.56 Å². The van der Waals surface area contributed by atoms with E-state index in [4.69, 9.17) is 0 Å². The first-order valence-corrected chi connectivity index (χ1v) is 11.5. The molecule has 2 aromatic rings. The number of aromatic carboxylic acids is 1. The van der Waals surface area contributed by atoms with Crippen LogP contribution in [-0.2, 0) is 0 Å². The van der Waals surface area contributed by atoms with Crippen molar-refractivity contribution in [2.75, 3.05) is 0 Å². The molecule has 0 amide bonds. The van der Waals surface area contributed by atoms with Gasteiger partial charge >= 0.3 is 5.97 Å². The van der Waals surface area contributed by atoms with Gasteiger partial charge in [-0.25, -0.2) is 9.78 Å². The Morgan fingerprint density at radius 1 is 1.17 bits per heavy atom. The molecule has 4 atom stereocenters. The summed E-state index contributed by atoms with van der Waals surface area (Å²) in [5.41, 5.74) is 0.498. The molecule has 0 unspecified atom stereocenters. The van der Waals surface area contributed by atoms with Gasteiger partial charge in [0, 0.05) is 24.2 Å². The van der Waals surface area contributed by atoms with Crippen molar-refractivity contribution in [2.45, 2.75) is 95.8 Å². The molecule has 2 fully saturated rings. The molecular formula is C24H33N3O3. The van der Waals surface area contributed by atoms with Crippen molar-refractivity contribution < 1.29 is 9.90 Å². The monoisotopic (exact) mass is 411 g/mol. The summed E-state index contributed by atoms with van der Waals surface area (Å²) in [6, 6.07) is 8.94. The molecule has 2 aliphatic rings.